The predicted octanol–water partition coefficient (Wildman–Crippen LogP) is 4.08. The van der Waals surface area contributed by atoms with Crippen molar-refractivity contribution in [2.75, 3.05) is 20.3 Å². The quantitative estimate of drug-likeness (QED) is 0.800. The summed E-state index contributed by atoms with van der Waals surface area (Å²) in [6, 6.07) is 13.8. The van der Waals surface area contributed by atoms with E-state index in [-0.39, 0.29) is 0 Å². The number of halogens is 1. The minimum Gasteiger partial charge on any atom is -0.493 e. The summed E-state index contributed by atoms with van der Waals surface area (Å²) in [6.45, 7) is 1.62. The molecule has 1 aliphatic rings. The van der Waals surface area contributed by atoms with Crippen molar-refractivity contribution < 1.29 is 18.9 Å². The van der Waals surface area contributed by atoms with Crippen molar-refractivity contribution in [3.63, 3.8) is 0 Å². The molecule has 0 aromatic heterocycles. The van der Waals surface area contributed by atoms with Gasteiger partial charge in [-0.25, -0.2) is 0 Å². The molecule has 4 nitrogen and oxygen atoms in total. The molecule has 1 saturated heterocycles. The van der Waals surface area contributed by atoms with Gasteiger partial charge in [0.2, 0.25) is 0 Å². The Bertz CT molecular complexity index is 624. The van der Waals surface area contributed by atoms with E-state index in [0.717, 1.165) is 15.6 Å². The van der Waals surface area contributed by atoms with Crippen LogP contribution in [0.1, 0.15) is 17.4 Å². The van der Waals surface area contributed by atoms with Crippen LogP contribution in [0.3, 0.4) is 0 Å². The minimum atomic E-state index is -0.419. The van der Waals surface area contributed by atoms with E-state index in [0.29, 0.717) is 31.3 Å². The Labute approximate surface area is 138 Å². The molecule has 0 saturated carbocycles. The molecular weight excluding hydrogens is 348 g/mol. The van der Waals surface area contributed by atoms with E-state index in [1.165, 1.54) is 0 Å². The Morgan fingerprint density at radius 2 is 1.86 bits per heavy atom. The molecule has 1 fully saturated rings. The van der Waals surface area contributed by atoms with Gasteiger partial charge in [0.05, 0.1) is 25.9 Å². The number of hydrogen-bond acceptors (Lipinski definition) is 4. The van der Waals surface area contributed by atoms with Gasteiger partial charge in [0, 0.05) is 4.47 Å². The van der Waals surface area contributed by atoms with Crippen LogP contribution in [-0.2, 0) is 16.1 Å². The molecule has 3 rings (SSSR count). The molecular formula is C17H17BrO4. The first-order valence-electron chi connectivity index (χ1n) is 7.05. The molecule has 0 aliphatic carbocycles. The largest absolute Gasteiger partial charge is 0.493 e. The number of hydrogen-bond donors (Lipinski definition) is 0. The fourth-order valence-corrected chi connectivity index (χ4v) is 2.79. The molecule has 1 aliphatic heterocycles. The molecule has 1 heterocycles. The van der Waals surface area contributed by atoms with Crippen molar-refractivity contribution in [3.05, 3.63) is 58.1 Å². The van der Waals surface area contributed by atoms with Gasteiger partial charge in [-0.3, -0.25) is 0 Å². The van der Waals surface area contributed by atoms with Crippen LogP contribution in [0.2, 0.25) is 0 Å². The van der Waals surface area contributed by atoms with Gasteiger partial charge in [0.1, 0.15) is 6.61 Å². The first-order chi connectivity index (χ1) is 10.8. The number of methoxy groups -OCH3 is 1. The second-order valence-electron chi connectivity index (χ2n) is 4.87. The summed E-state index contributed by atoms with van der Waals surface area (Å²) in [5, 5.41) is 0. The van der Waals surface area contributed by atoms with Gasteiger partial charge in [-0.2, -0.15) is 0 Å². The molecule has 0 radical (unpaired) electrons. The van der Waals surface area contributed by atoms with Crippen molar-refractivity contribution >= 4 is 15.9 Å². The van der Waals surface area contributed by atoms with Gasteiger partial charge in [0.25, 0.3) is 0 Å². The van der Waals surface area contributed by atoms with Crippen molar-refractivity contribution in [2.45, 2.75) is 12.9 Å². The highest BCUT2D eigenvalue weighted by molar-refractivity contribution is 9.10. The lowest BCUT2D eigenvalue weighted by atomic mass is 10.1. The summed E-state index contributed by atoms with van der Waals surface area (Å²) >= 11 is 3.48. The zero-order valence-corrected chi connectivity index (χ0v) is 13.8. The summed E-state index contributed by atoms with van der Waals surface area (Å²) in [5.74, 6) is 1.31. The lowest BCUT2D eigenvalue weighted by Crippen LogP contribution is -2.06. The van der Waals surface area contributed by atoms with E-state index in [1.54, 1.807) is 7.11 Å². The van der Waals surface area contributed by atoms with E-state index in [9.17, 15) is 0 Å². The maximum atomic E-state index is 6.01. The van der Waals surface area contributed by atoms with Crippen LogP contribution in [0.15, 0.2) is 46.9 Å². The second-order valence-corrected chi connectivity index (χ2v) is 5.79. The topological polar surface area (TPSA) is 36.9 Å². The Balaban J connectivity index is 1.89. The Morgan fingerprint density at radius 3 is 2.55 bits per heavy atom. The molecule has 2 aromatic rings. The third-order valence-corrected chi connectivity index (χ3v) is 3.83. The van der Waals surface area contributed by atoms with Crippen LogP contribution in [-0.4, -0.2) is 20.3 Å². The van der Waals surface area contributed by atoms with Crippen LogP contribution in [0.25, 0.3) is 0 Å². The van der Waals surface area contributed by atoms with Crippen LogP contribution in [0.5, 0.6) is 11.5 Å². The molecule has 0 amide bonds. The first-order valence-corrected chi connectivity index (χ1v) is 7.84. The van der Waals surface area contributed by atoms with E-state index in [4.69, 9.17) is 18.9 Å². The van der Waals surface area contributed by atoms with E-state index in [2.05, 4.69) is 15.9 Å². The van der Waals surface area contributed by atoms with E-state index < -0.39 is 6.29 Å². The SMILES string of the molecule is COc1cc(Br)cc(C2OCCO2)c1OCc1ccccc1. The number of benzene rings is 2. The third-order valence-electron chi connectivity index (χ3n) is 3.37. The highest BCUT2D eigenvalue weighted by atomic mass is 79.9. The molecule has 2 aromatic carbocycles. The minimum absolute atomic E-state index is 0.419. The fourth-order valence-electron chi connectivity index (χ4n) is 2.34. The van der Waals surface area contributed by atoms with Crippen LogP contribution < -0.4 is 9.47 Å². The molecule has 0 unspecified atom stereocenters. The fraction of sp³-hybridized carbons (Fsp3) is 0.294. The van der Waals surface area contributed by atoms with Crippen LogP contribution >= 0.6 is 15.9 Å². The standard InChI is InChI=1S/C17H17BrO4/c1-19-15-10-13(18)9-14(17-20-7-8-21-17)16(15)22-11-12-5-3-2-4-6-12/h2-6,9-10,17H,7-8,11H2,1H3. The molecule has 0 bridgehead atoms. The highest BCUT2D eigenvalue weighted by Crippen LogP contribution is 2.41. The Morgan fingerprint density at radius 1 is 1.14 bits per heavy atom. The van der Waals surface area contributed by atoms with Gasteiger partial charge in [-0.15, -0.1) is 0 Å². The average Bonchev–Trinajstić information content (AvgIpc) is 3.08. The first kappa shape index (κ1) is 15.3. The molecule has 0 atom stereocenters. The molecule has 0 spiro atoms. The van der Waals surface area contributed by atoms with Crippen molar-refractivity contribution in [1.29, 1.82) is 0 Å². The number of rotatable bonds is 5. The normalized spacial score (nSPS) is 15.0. The predicted molar refractivity (Wildman–Crippen MR) is 86.1 cm³/mol. The van der Waals surface area contributed by atoms with Crippen LogP contribution in [0, 0.1) is 0 Å². The monoisotopic (exact) mass is 364 g/mol. The lowest BCUT2D eigenvalue weighted by Gasteiger charge is -2.19. The van der Waals surface area contributed by atoms with Crippen molar-refractivity contribution in [3.8, 4) is 11.5 Å². The van der Waals surface area contributed by atoms with Gasteiger partial charge in [-0.05, 0) is 17.7 Å². The number of ether oxygens (including phenoxy) is 4. The van der Waals surface area contributed by atoms with Crippen molar-refractivity contribution in [1.82, 2.24) is 0 Å². The zero-order valence-electron chi connectivity index (χ0n) is 12.3. The van der Waals surface area contributed by atoms with Gasteiger partial charge < -0.3 is 18.9 Å². The summed E-state index contributed by atoms with van der Waals surface area (Å²) in [4.78, 5) is 0. The van der Waals surface area contributed by atoms with Crippen molar-refractivity contribution in [2.24, 2.45) is 0 Å². The second kappa shape index (κ2) is 7.13. The summed E-state index contributed by atoms with van der Waals surface area (Å²) in [5.41, 5.74) is 1.92. The molecule has 5 heteroatoms. The Kier molecular flexibility index (Phi) is 4.97. The van der Waals surface area contributed by atoms with Gasteiger partial charge in [-0.1, -0.05) is 46.3 Å². The molecule has 0 N–H and O–H groups in total. The highest BCUT2D eigenvalue weighted by Gasteiger charge is 2.25. The maximum absolute atomic E-state index is 6.01. The summed E-state index contributed by atoms with van der Waals surface area (Å²) < 4.78 is 23.6. The lowest BCUT2D eigenvalue weighted by molar-refractivity contribution is -0.0461. The summed E-state index contributed by atoms with van der Waals surface area (Å²) in [6.07, 6.45) is -0.419. The van der Waals surface area contributed by atoms with E-state index >= 15 is 0 Å². The maximum Gasteiger partial charge on any atom is 0.187 e. The van der Waals surface area contributed by atoms with Crippen LogP contribution in [0.4, 0.5) is 0 Å². The Hall–Kier alpha value is -1.56. The van der Waals surface area contributed by atoms with E-state index in [1.807, 2.05) is 42.5 Å². The zero-order chi connectivity index (χ0) is 15.4. The third kappa shape index (κ3) is 3.43. The average molecular weight is 365 g/mol. The summed E-state index contributed by atoms with van der Waals surface area (Å²) in [7, 11) is 1.62. The van der Waals surface area contributed by atoms with Gasteiger partial charge in [0.15, 0.2) is 17.8 Å². The smallest absolute Gasteiger partial charge is 0.187 e. The molecule has 116 valence electrons. The molecule has 22 heavy (non-hydrogen) atoms. The van der Waals surface area contributed by atoms with Gasteiger partial charge >= 0.3 is 0 Å².